The number of rotatable bonds is 4. The Morgan fingerprint density at radius 2 is 2.32 bits per heavy atom. The van der Waals surface area contributed by atoms with Gasteiger partial charge in [0.2, 0.25) is 5.91 Å². The van der Waals surface area contributed by atoms with Crippen molar-refractivity contribution >= 4 is 17.6 Å². The van der Waals surface area contributed by atoms with Crippen LogP contribution in [0.2, 0.25) is 0 Å². The second-order valence-electron chi connectivity index (χ2n) is 4.68. The van der Waals surface area contributed by atoms with E-state index in [1.165, 1.54) is 0 Å². The molecule has 0 saturated carbocycles. The number of anilines is 1. The molecule has 2 rings (SSSR count). The number of nitrogens with zero attached hydrogens (tertiary/aromatic N) is 1. The topological polar surface area (TPSA) is 66.8 Å². The molecular weight excluding hydrogens is 246 g/mol. The van der Waals surface area contributed by atoms with Gasteiger partial charge in [-0.05, 0) is 24.1 Å². The van der Waals surface area contributed by atoms with E-state index in [0.29, 0.717) is 13.0 Å². The number of methoxy groups -OCH3 is 1. The zero-order chi connectivity index (χ0) is 13.8. The average Bonchev–Trinajstić information content (AvgIpc) is 2.39. The van der Waals surface area contributed by atoms with E-state index in [1.807, 2.05) is 24.3 Å². The van der Waals surface area contributed by atoms with Crippen molar-refractivity contribution < 1.29 is 19.4 Å². The summed E-state index contributed by atoms with van der Waals surface area (Å²) in [5, 5.41) is 9.07. The number of piperidine rings is 1. The normalized spacial score (nSPS) is 19.5. The van der Waals surface area contributed by atoms with Gasteiger partial charge in [0.15, 0.2) is 0 Å². The second-order valence-corrected chi connectivity index (χ2v) is 4.68. The summed E-state index contributed by atoms with van der Waals surface area (Å²) < 4.78 is 5.06. The minimum absolute atomic E-state index is 0.0212. The fraction of sp³-hybridized carbons (Fsp3) is 0.429. The van der Waals surface area contributed by atoms with Crippen LogP contribution in [0, 0.1) is 5.92 Å². The summed E-state index contributed by atoms with van der Waals surface area (Å²) in [4.78, 5) is 24.5. The average molecular weight is 263 g/mol. The van der Waals surface area contributed by atoms with E-state index < -0.39 is 11.9 Å². The van der Waals surface area contributed by atoms with Gasteiger partial charge in [-0.15, -0.1) is 0 Å². The van der Waals surface area contributed by atoms with Crippen molar-refractivity contribution in [3.05, 3.63) is 29.8 Å². The number of carboxylic acids is 1. The van der Waals surface area contributed by atoms with Gasteiger partial charge < -0.3 is 14.7 Å². The van der Waals surface area contributed by atoms with Crippen molar-refractivity contribution in [2.45, 2.75) is 19.4 Å². The van der Waals surface area contributed by atoms with Gasteiger partial charge in [0, 0.05) is 25.8 Å². The van der Waals surface area contributed by atoms with E-state index in [-0.39, 0.29) is 18.9 Å². The number of aliphatic carboxylic acids is 1. The molecular formula is C14H17NO4. The maximum absolute atomic E-state index is 11.9. The van der Waals surface area contributed by atoms with Crippen LogP contribution in [0.4, 0.5) is 5.69 Å². The van der Waals surface area contributed by atoms with Crippen LogP contribution in [0.5, 0.6) is 0 Å². The lowest BCUT2D eigenvalue weighted by Gasteiger charge is -2.30. The number of carbonyl (C=O) groups is 2. The molecule has 1 aliphatic heterocycles. The number of hydrogen-bond acceptors (Lipinski definition) is 3. The van der Waals surface area contributed by atoms with Crippen LogP contribution in [0.3, 0.4) is 0 Å². The standard InChI is InChI=1S/C14H17NO4/c1-19-9-10-3-2-4-12(7-10)15-8-11(14(17)18)5-6-13(15)16/h2-4,7,11H,5-6,8-9H2,1H3,(H,17,18). The highest BCUT2D eigenvalue weighted by Gasteiger charge is 2.30. The van der Waals surface area contributed by atoms with Crippen molar-refractivity contribution in [2.24, 2.45) is 5.92 Å². The van der Waals surface area contributed by atoms with E-state index in [1.54, 1.807) is 12.0 Å². The predicted molar refractivity (Wildman–Crippen MR) is 69.9 cm³/mol. The molecule has 19 heavy (non-hydrogen) atoms. The Bertz CT molecular complexity index is 486. The Hall–Kier alpha value is -1.88. The summed E-state index contributed by atoms with van der Waals surface area (Å²) in [7, 11) is 1.61. The van der Waals surface area contributed by atoms with Crippen LogP contribution in [0.25, 0.3) is 0 Å². The van der Waals surface area contributed by atoms with Crippen molar-refractivity contribution in [3.8, 4) is 0 Å². The third-order valence-corrected chi connectivity index (χ3v) is 3.29. The number of hydrogen-bond donors (Lipinski definition) is 1. The van der Waals surface area contributed by atoms with Gasteiger partial charge in [-0.3, -0.25) is 9.59 Å². The van der Waals surface area contributed by atoms with Crippen LogP contribution >= 0.6 is 0 Å². The highest BCUT2D eigenvalue weighted by Crippen LogP contribution is 2.25. The van der Waals surface area contributed by atoms with Crippen molar-refractivity contribution in [3.63, 3.8) is 0 Å². The van der Waals surface area contributed by atoms with Crippen molar-refractivity contribution in [1.82, 2.24) is 0 Å². The Morgan fingerprint density at radius 3 is 3.00 bits per heavy atom. The van der Waals surface area contributed by atoms with Crippen molar-refractivity contribution in [1.29, 1.82) is 0 Å². The first-order valence-electron chi connectivity index (χ1n) is 6.23. The van der Waals surface area contributed by atoms with E-state index >= 15 is 0 Å². The zero-order valence-corrected chi connectivity index (χ0v) is 10.8. The van der Waals surface area contributed by atoms with Gasteiger partial charge >= 0.3 is 5.97 Å². The number of amides is 1. The van der Waals surface area contributed by atoms with Crippen LogP contribution in [0.1, 0.15) is 18.4 Å². The number of benzene rings is 1. The zero-order valence-electron chi connectivity index (χ0n) is 10.8. The number of carboxylic acid groups (broad SMARTS) is 1. The molecule has 0 radical (unpaired) electrons. The first-order chi connectivity index (χ1) is 9.11. The van der Waals surface area contributed by atoms with E-state index in [4.69, 9.17) is 9.84 Å². The number of carbonyl (C=O) groups excluding carboxylic acids is 1. The molecule has 1 atom stereocenters. The largest absolute Gasteiger partial charge is 0.481 e. The third kappa shape index (κ3) is 3.12. The SMILES string of the molecule is COCc1cccc(N2CC(C(=O)O)CCC2=O)c1. The summed E-state index contributed by atoms with van der Waals surface area (Å²) in [5.41, 5.74) is 1.70. The van der Waals surface area contributed by atoms with E-state index in [9.17, 15) is 9.59 Å². The predicted octanol–water partition coefficient (Wildman–Crippen LogP) is 1.66. The quantitative estimate of drug-likeness (QED) is 0.897. The van der Waals surface area contributed by atoms with E-state index in [0.717, 1.165) is 11.3 Å². The Kier molecular flexibility index (Phi) is 4.16. The first kappa shape index (κ1) is 13.5. The molecule has 0 spiro atoms. The van der Waals surface area contributed by atoms with Gasteiger partial charge in [0.05, 0.1) is 12.5 Å². The van der Waals surface area contributed by atoms with E-state index in [2.05, 4.69) is 0 Å². The molecule has 102 valence electrons. The summed E-state index contributed by atoms with van der Waals surface area (Å²) in [5.74, 6) is -1.35. The maximum atomic E-state index is 11.9. The molecule has 5 heteroatoms. The van der Waals surface area contributed by atoms with Crippen LogP contribution in [0.15, 0.2) is 24.3 Å². The van der Waals surface area contributed by atoms with Gasteiger partial charge in [-0.2, -0.15) is 0 Å². The van der Waals surface area contributed by atoms with Crippen LogP contribution in [-0.4, -0.2) is 30.6 Å². The highest BCUT2D eigenvalue weighted by atomic mass is 16.5. The van der Waals surface area contributed by atoms with Crippen LogP contribution in [-0.2, 0) is 20.9 Å². The molecule has 0 bridgehead atoms. The molecule has 0 aromatic heterocycles. The Balaban J connectivity index is 2.20. The fourth-order valence-corrected chi connectivity index (χ4v) is 2.28. The van der Waals surface area contributed by atoms with Gasteiger partial charge in [-0.1, -0.05) is 12.1 Å². The highest BCUT2D eigenvalue weighted by molar-refractivity contribution is 5.95. The summed E-state index contributed by atoms with van der Waals surface area (Å²) in [6.07, 6.45) is 0.702. The number of ether oxygens (including phenoxy) is 1. The molecule has 1 N–H and O–H groups in total. The smallest absolute Gasteiger partial charge is 0.308 e. The van der Waals surface area contributed by atoms with Crippen molar-refractivity contribution in [2.75, 3.05) is 18.6 Å². The first-order valence-corrected chi connectivity index (χ1v) is 6.23. The summed E-state index contributed by atoms with van der Waals surface area (Å²) >= 11 is 0. The maximum Gasteiger partial charge on any atom is 0.308 e. The monoisotopic (exact) mass is 263 g/mol. The second kappa shape index (κ2) is 5.84. The molecule has 1 amide bonds. The molecule has 0 aliphatic carbocycles. The summed E-state index contributed by atoms with van der Waals surface area (Å²) in [6, 6.07) is 7.45. The molecule has 5 nitrogen and oxygen atoms in total. The van der Waals surface area contributed by atoms with Gasteiger partial charge in [-0.25, -0.2) is 0 Å². The molecule has 1 unspecified atom stereocenters. The minimum Gasteiger partial charge on any atom is -0.481 e. The fourth-order valence-electron chi connectivity index (χ4n) is 2.28. The lowest BCUT2D eigenvalue weighted by atomic mass is 9.97. The lowest BCUT2D eigenvalue weighted by Crippen LogP contribution is -2.42. The third-order valence-electron chi connectivity index (χ3n) is 3.29. The molecule has 1 aliphatic rings. The lowest BCUT2D eigenvalue weighted by molar-refractivity contribution is -0.142. The molecule has 1 aromatic carbocycles. The Labute approximate surface area is 111 Å². The van der Waals surface area contributed by atoms with Crippen LogP contribution < -0.4 is 4.90 Å². The summed E-state index contributed by atoms with van der Waals surface area (Å²) in [6.45, 7) is 0.711. The molecule has 1 heterocycles. The molecule has 1 fully saturated rings. The van der Waals surface area contributed by atoms with Gasteiger partial charge in [0.1, 0.15) is 0 Å². The minimum atomic E-state index is -0.842. The molecule has 1 aromatic rings. The Morgan fingerprint density at radius 1 is 1.53 bits per heavy atom. The van der Waals surface area contributed by atoms with Gasteiger partial charge in [0.25, 0.3) is 0 Å². The molecule has 1 saturated heterocycles.